The van der Waals surface area contributed by atoms with E-state index in [4.69, 9.17) is 0 Å². The molecule has 1 saturated heterocycles. The van der Waals surface area contributed by atoms with E-state index in [1.54, 1.807) is 12.1 Å². The summed E-state index contributed by atoms with van der Waals surface area (Å²) < 4.78 is 13.8. The van der Waals surface area contributed by atoms with Crippen LogP contribution in [-0.2, 0) is 11.3 Å². The molecule has 21 heavy (non-hydrogen) atoms. The van der Waals surface area contributed by atoms with E-state index in [1.807, 2.05) is 11.0 Å². The number of carbonyl (C=O) groups excluding carboxylic acids is 1. The molecular weight excluding hydrogens is 291 g/mol. The molecule has 1 saturated carbocycles. The zero-order valence-electron chi connectivity index (χ0n) is 12.1. The predicted octanol–water partition coefficient (Wildman–Crippen LogP) is 2.88. The van der Waals surface area contributed by atoms with Crippen molar-refractivity contribution >= 4 is 18.3 Å². The monoisotopic (exact) mass is 312 g/mol. The normalized spacial score (nSPS) is 20.9. The van der Waals surface area contributed by atoms with Crippen LogP contribution < -0.4 is 5.32 Å². The van der Waals surface area contributed by atoms with E-state index >= 15 is 0 Å². The highest BCUT2D eigenvalue weighted by atomic mass is 35.5. The summed E-state index contributed by atoms with van der Waals surface area (Å²) in [6, 6.07) is 7.37. The molecule has 2 aliphatic rings. The fourth-order valence-electron chi connectivity index (χ4n) is 2.88. The Bertz CT molecular complexity index is 487. The van der Waals surface area contributed by atoms with Crippen LogP contribution in [-0.4, -0.2) is 29.4 Å². The van der Waals surface area contributed by atoms with Crippen LogP contribution in [0.3, 0.4) is 0 Å². The molecule has 0 radical (unpaired) electrons. The third-order valence-corrected chi connectivity index (χ3v) is 4.19. The van der Waals surface area contributed by atoms with Gasteiger partial charge >= 0.3 is 0 Å². The number of amides is 1. The second kappa shape index (κ2) is 7.23. The second-order valence-corrected chi connectivity index (χ2v) is 5.84. The highest BCUT2D eigenvalue weighted by Gasteiger charge is 2.34. The van der Waals surface area contributed by atoms with Crippen LogP contribution in [0.4, 0.5) is 4.39 Å². The topological polar surface area (TPSA) is 32.3 Å². The Morgan fingerprint density at radius 1 is 1.29 bits per heavy atom. The summed E-state index contributed by atoms with van der Waals surface area (Å²) in [5.74, 6) is -0.0555. The van der Waals surface area contributed by atoms with Crippen LogP contribution in [0.1, 0.15) is 37.7 Å². The standard InChI is InChI=1S/C16H21FN2O.ClH/c17-15-6-2-1-4-12(15)11-19(14-7-8-14)16(20)10-13-5-3-9-18-13;/h1-2,4,6,13-14,18H,3,5,7-11H2;1H. The summed E-state index contributed by atoms with van der Waals surface area (Å²) in [4.78, 5) is 14.3. The van der Waals surface area contributed by atoms with Gasteiger partial charge in [-0.25, -0.2) is 4.39 Å². The molecule has 1 N–H and O–H groups in total. The first-order valence-electron chi connectivity index (χ1n) is 7.50. The van der Waals surface area contributed by atoms with Gasteiger partial charge in [-0.1, -0.05) is 18.2 Å². The molecule has 1 atom stereocenters. The van der Waals surface area contributed by atoms with Gasteiger partial charge in [0.15, 0.2) is 0 Å². The lowest BCUT2D eigenvalue weighted by molar-refractivity contribution is -0.132. The Labute approximate surface area is 131 Å². The van der Waals surface area contributed by atoms with Gasteiger partial charge in [0.25, 0.3) is 0 Å². The molecule has 0 aromatic heterocycles. The van der Waals surface area contributed by atoms with E-state index in [2.05, 4.69) is 5.32 Å². The molecule has 2 fully saturated rings. The molecule has 1 aliphatic heterocycles. The third kappa shape index (κ3) is 4.17. The maximum Gasteiger partial charge on any atom is 0.224 e. The first kappa shape index (κ1) is 16.2. The van der Waals surface area contributed by atoms with Crippen LogP contribution >= 0.6 is 12.4 Å². The molecular formula is C16H22ClFN2O. The molecule has 3 nitrogen and oxygen atoms in total. The molecule has 0 bridgehead atoms. The van der Waals surface area contributed by atoms with Crippen molar-refractivity contribution < 1.29 is 9.18 Å². The van der Waals surface area contributed by atoms with Crippen LogP contribution in [0.5, 0.6) is 0 Å². The van der Waals surface area contributed by atoms with Gasteiger partial charge in [-0.3, -0.25) is 4.79 Å². The smallest absolute Gasteiger partial charge is 0.224 e. The van der Waals surface area contributed by atoms with E-state index in [0.717, 1.165) is 32.2 Å². The zero-order valence-corrected chi connectivity index (χ0v) is 12.9. The van der Waals surface area contributed by atoms with Crippen LogP contribution in [0.15, 0.2) is 24.3 Å². The molecule has 1 aromatic carbocycles. The van der Waals surface area contributed by atoms with Gasteiger partial charge in [0.05, 0.1) is 0 Å². The van der Waals surface area contributed by atoms with Gasteiger partial charge in [-0.15, -0.1) is 12.4 Å². The Kier molecular flexibility index (Phi) is 5.59. The summed E-state index contributed by atoms with van der Waals surface area (Å²) in [5, 5.41) is 3.36. The van der Waals surface area contributed by atoms with Gasteiger partial charge in [0.1, 0.15) is 5.82 Å². The first-order chi connectivity index (χ1) is 9.74. The number of halogens is 2. The lowest BCUT2D eigenvalue weighted by Crippen LogP contribution is -2.37. The number of nitrogens with zero attached hydrogens (tertiary/aromatic N) is 1. The number of hydrogen-bond donors (Lipinski definition) is 1. The molecule has 3 rings (SSSR count). The van der Waals surface area contributed by atoms with Crippen LogP contribution in [0.25, 0.3) is 0 Å². The quantitative estimate of drug-likeness (QED) is 0.906. The fourth-order valence-corrected chi connectivity index (χ4v) is 2.88. The maximum atomic E-state index is 13.8. The van der Waals surface area contributed by atoms with Gasteiger partial charge in [0, 0.05) is 30.6 Å². The Balaban J connectivity index is 0.00000161. The Hall–Kier alpha value is -1.13. The van der Waals surface area contributed by atoms with Crippen molar-refractivity contribution in [2.24, 2.45) is 0 Å². The molecule has 1 aromatic rings. The number of carbonyl (C=O) groups is 1. The van der Waals surface area contributed by atoms with Crippen LogP contribution in [0.2, 0.25) is 0 Å². The van der Waals surface area contributed by atoms with Crippen molar-refractivity contribution in [1.82, 2.24) is 10.2 Å². The summed E-state index contributed by atoms with van der Waals surface area (Å²) in [6.45, 7) is 1.41. The lowest BCUT2D eigenvalue weighted by atomic mass is 10.1. The van der Waals surface area contributed by atoms with E-state index in [-0.39, 0.29) is 24.1 Å². The van der Waals surface area contributed by atoms with Crippen LogP contribution in [0, 0.1) is 5.82 Å². The number of benzene rings is 1. The minimum absolute atomic E-state index is 0. The van der Waals surface area contributed by atoms with Gasteiger partial charge in [-0.05, 0) is 38.3 Å². The molecule has 5 heteroatoms. The summed E-state index contributed by atoms with van der Waals surface area (Å²) in [7, 11) is 0. The number of nitrogens with one attached hydrogen (secondary N) is 1. The van der Waals surface area contributed by atoms with E-state index in [0.29, 0.717) is 30.6 Å². The molecule has 1 unspecified atom stereocenters. The van der Waals surface area contributed by atoms with Gasteiger partial charge in [-0.2, -0.15) is 0 Å². The summed E-state index contributed by atoms with van der Waals surface area (Å²) >= 11 is 0. The highest BCUT2D eigenvalue weighted by Crippen LogP contribution is 2.30. The predicted molar refractivity (Wildman–Crippen MR) is 82.9 cm³/mol. The minimum atomic E-state index is -0.218. The van der Waals surface area contributed by atoms with Crippen molar-refractivity contribution in [1.29, 1.82) is 0 Å². The lowest BCUT2D eigenvalue weighted by Gasteiger charge is -2.24. The second-order valence-electron chi connectivity index (χ2n) is 5.84. The molecule has 0 spiro atoms. The summed E-state index contributed by atoms with van der Waals surface area (Å²) in [6.07, 6.45) is 4.88. The number of rotatable bonds is 5. The molecule has 1 aliphatic carbocycles. The largest absolute Gasteiger partial charge is 0.335 e. The average Bonchev–Trinajstić information content (AvgIpc) is 3.15. The van der Waals surface area contributed by atoms with Crippen molar-refractivity contribution in [3.8, 4) is 0 Å². The SMILES string of the molecule is Cl.O=C(CC1CCCN1)N(Cc1ccccc1F)C1CC1. The Morgan fingerprint density at radius 3 is 2.67 bits per heavy atom. The zero-order chi connectivity index (χ0) is 13.9. The fraction of sp³-hybridized carbons (Fsp3) is 0.562. The minimum Gasteiger partial charge on any atom is -0.335 e. The maximum absolute atomic E-state index is 13.8. The molecule has 116 valence electrons. The average molecular weight is 313 g/mol. The van der Waals surface area contributed by atoms with E-state index < -0.39 is 0 Å². The van der Waals surface area contributed by atoms with E-state index in [1.165, 1.54) is 6.07 Å². The Morgan fingerprint density at radius 2 is 2.05 bits per heavy atom. The van der Waals surface area contributed by atoms with Gasteiger partial charge in [0.2, 0.25) is 5.91 Å². The van der Waals surface area contributed by atoms with E-state index in [9.17, 15) is 9.18 Å². The molecule has 1 heterocycles. The van der Waals surface area contributed by atoms with Crippen molar-refractivity contribution in [2.45, 2.75) is 50.7 Å². The third-order valence-electron chi connectivity index (χ3n) is 4.19. The number of hydrogen-bond acceptors (Lipinski definition) is 2. The summed E-state index contributed by atoms with van der Waals surface area (Å²) in [5.41, 5.74) is 0.618. The highest BCUT2D eigenvalue weighted by molar-refractivity contribution is 5.85. The van der Waals surface area contributed by atoms with Crippen molar-refractivity contribution in [2.75, 3.05) is 6.54 Å². The van der Waals surface area contributed by atoms with Gasteiger partial charge < -0.3 is 10.2 Å². The van der Waals surface area contributed by atoms with Crippen molar-refractivity contribution in [3.63, 3.8) is 0 Å². The molecule has 1 amide bonds. The first-order valence-corrected chi connectivity index (χ1v) is 7.50. The van der Waals surface area contributed by atoms with Crippen molar-refractivity contribution in [3.05, 3.63) is 35.6 Å².